The summed E-state index contributed by atoms with van der Waals surface area (Å²) < 4.78 is 16.9. The predicted molar refractivity (Wildman–Crippen MR) is 102 cm³/mol. The van der Waals surface area contributed by atoms with E-state index in [0.29, 0.717) is 17.1 Å². The molecule has 1 aromatic heterocycles. The molecule has 7 heteroatoms. The molecule has 3 aromatic rings. The topological polar surface area (TPSA) is 89.8 Å². The highest BCUT2D eigenvalue weighted by Gasteiger charge is 2.28. The highest BCUT2D eigenvalue weighted by atomic mass is 16.6. The van der Waals surface area contributed by atoms with E-state index in [9.17, 15) is 9.59 Å². The van der Waals surface area contributed by atoms with Gasteiger partial charge in [-0.15, -0.1) is 0 Å². The van der Waals surface area contributed by atoms with Crippen LogP contribution in [-0.4, -0.2) is 24.5 Å². The van der Waals surface area contributed by atoms with Gasteiger partial charge in [-0.25, -0.2) is 0 Å². The minimum absolute atomic E-state index is 0.0563. The highest BCUT2D eigenvalue weighted by molar-refractivity contribution is 6.01. The van der Waals surface area contributed by atoms with E-state index in [2.05, 4.69) is 10.9 Å². The third-order valence-corrected chi connectivity index (χ3v) is 4.79. The predicted octanol–water partition coefficient (Wildman–Crippen LogP) is 2.96. The second kappa shape index (κ2) is 6.92. The average Bonchev–Trinajstić information content (AvgIpc) is 3.07. The summed E-state index contributed by atoms with van der Waals surface area (Å²) in [6, 6.07) is 11.0. The standard InChI is InChI=1S/C21H20N2O5/c1-11-8-9-12(2)18-17(11)13(3)19(28-18)21(25)23-22-20(24)16-10-26-14-6-4-5-7-15(14)27-16/h4-9,16H,10H2,1-3H3,(H,22,24)(H,23,25). The number of rotatable bonds is 2. The van der Waals surface area contributed by atoms with Crippen LogP contribution in [-0.2, 0) is 4.79 Å². The van der Waals surface area contributed by atoms with Crippen LogP contribution in [0.25, 0.3) is 11.0 Å². The molecule has 2 amide bonds. The fourth-order valence-corrected chi connectivity index (χ4v) is 3.30. The summed E-state index contributed by atoms with van der Waals surface area (Å²) in [6.45, 7) is 5.77. The van der Waals surface area contributed by atoms with Gasteiger partial charge < -0.3 is 13.9 Å². The van der Waals surface area contributed by atoms with E-state index in [1.807, 2.05) is 39.0 Å². The molecule has 1 unspecified atom stereocenters. The number of aryl methyl sites for hydroxylation is 3. The Balaban J connectivity index is 1.46. The van der Waals surface area contributed by atoms with Crippen molar-refractivity contribution in [1.82, 2.24) is 10.9 Å². The van der Waals surface area contributed by atoms with Crippen LogP contribution in [0.15, 0.2) is 40.8 Å². The van der Waals surface area contributed by atoms with Gasteiger partial charge in [-0.05, 0) is 44.0 Å². The van der Waals surface area contributed by atoms with Crippen LogP contribution in [0.5, 0.6) is 11.5 Å². The molecule has 0 radical (unpaired) electrons. The molecule has 2 aromatic carbocycles. The number of furan rings is 1. The summed E-state index contributed by atoms with van der Waals surface area (Å²) in [6.07, 6.45) is -0.864. The fourth-order valence-electron chi connectivity index (χ4n) is 3.30. The average molecular weight is 380 g/mol. The summed E-state index contributed by atoms with van der Waals surface area (Å²) in [5.41, 5.74) is 8.15. The molecule has 1 aliphatic rings. The Morgan fingerprint density at radius 1 is 0.964 bits per heavy atom. The molecule has 1 aliphatic heterocycles. The number of amides is 2. The number of hydrogen-bond acceptors (Lipinski definition) is 5. The van der Waals surface area contributed by atoms with Crippen molar-refractivity contribution in [2.45, 2.75) is 26.9 Å². The number of hydrazine groups is 1. The molecule has 0 saturated heterocycles. The number of para-hydroxylation sites is 2. The summed E-state index contributed by atoms with van der Waals surface area (Å²) in [7, 11) is 0. The van der Waals surface area contributed by atoms with Crippen molar-refractivity contribution in [3.8, 4) is 11.5 Å². The molecule has 144 valence electrons. The molecule has 28 heavy (non-hydrogen) atoms. The maximum absolute atomic E-state index is 12.6. The van der Waals surface area contributed by atoms with Crippen LogP contribution >= 0.6 is 0 Å². The van der Waals surface area contributed by atoms with Gasteiger partial charge in [0.05, 0.1) is 0 Å². The molecular weight excluding hydrogens is 360 g/mol. The van der Waals surface area contributed by atoms with E-state index in [4.69, 9.17) is 13.9 Å². The van der Waals surface area contributed by atoms with Gasteiger partial charge in [0.15, 0.2) is 17.3 Å². The van der Waals surface area contributed by atoms with Crippen LogP contribution in [0.4, 0.5) is 0 Å². The van der Waals surface area contributed by atoms with E-state index in [-0.39, 0.29) is 12.4 Å². The Labute approximate surface area is 161 Å². The van der Waals surface area contributed by atoms with Gasteiger partial charge in [-0.1, -0.05) is 24.3 Å². The van der Waals surface area contributed by atoms with Crippen molar-refractivity contribution in [2.75, 3.05) is 6.61 Å². The van der Waals surface area contributed by atoms with Gasteiger partial charge in [-0.3, -0.25) is 20.4 Å². The van der Waals surface area contributed by atoms with Crippen LogP contribution in [0.1, 0.15) is 27.2 Å². The molecule has 0 bridgehead atoms. The van der Waals surface area contributed by atoms with Crippen molar-refractivity contribution < 1.29 is 23.5 Å². The Kier molecular flexibility index (Phi) is 4.43. The van der Waals surface area contributed by atoms with Gasteiger partial charge in [0, 0.05) is 10.9 Å². The Bertz CT molecular complexity index is 1090. The third-order valence-electron chi connectivity index (χ3n) is 4.79. The zero-order valence-electron chi connectivity index (χ0n) is 15.8. The van der Waals surface area contributed by atoms with E-state index >= 15 is 0 Å². The lowest BCUT2D eigenvalue weighted by Crippen LogP contribution is -2.50. The number of carbonyl (C=O) groups excluding carboxylic acids is 2. The molecule has 2 N–H and O–H groups in total. The molecule has 0 saturated carbocycles. The molecule has 1 atom stereocenters. The molecule has 2 heterocycles. The largest absolute Gasteiger partial charge is 0.485 e. The summed E-state index contributed by atoms with van der Waals surface area (Å²) in [5.74, 6) is 0.194. The Morgan fingerprint density at radius 3 is 2.43 bits per heavy atom. The zero-order chi connectivity index (χ0) is 19.8. The first-order chi connectivity index (χ1) is 13.5. The first-order valence-corrected chi connectivity index (χ1v) is 8.93. The zero-order valence-corrected chi connectivity index (χ0v) is 15.8. The summed E-state index contributed by atoms with van der Waals surface area (Å²) in [4.78, 5) is 24.9. The third kappa shape index (κ3) is 3.05. The lowest BCUT2D eigenvalue weighted by atomic mass is 10.0. The Morgan fingerprint density at radius 2 is 1.68 bits per heavy atom. The monoisotopic (exact) mass is 380 g/mol. The van der Waals surface area contributed by atoms with Gasteiger partial charge in [0.1, 0.15) is 12.2 Å². The van der Waals surface area contributed by atoms with Crippen LogP contribution in [0, 0.1) is 20.8 Å². The number of benzene rings is 2. The molecule has 0 fully saturated rings. The number of fused-ring (bicyclic) bond motifs is 2. The molecule has 0 aliphatic carbocycles. The van der Waals surface area contributed by atoms with E-state index in [0.717, 1.165) is 22.1 Å². The van der Waals surface area contributed by atoms with Crippen molar-refractivity contribution >= 4 is 22.8 Å². The van der Waals surface area contributed by atoms with Crippen LogP contribution in [0.3, 0.4) is 0 Å². The van der Waals surface area contributed by atoms with Crippen LogP contribution in [0.2, 0.25) is 0 Å². The summed E-state index contributed by atoms with van der Waals surface area (Å²) in [5, 5.41) is 0.914. The first kappa shape index (κ1) is 17.9. The molecule has 0 spiro atoms. The first-order valence-electron chi connectivity index (χ1n) is 8.93. The van der Waals surface area contributed by atoms with Gasteiger partial charge in [0.25, 0.3) is 5.91 Å². The number of hydrogen-bond donors (Lipinski definition) is 2. The normalized spacial score (nSPS) is 15.3. The minimum atomic E-state index is -0.864. The number of carbonyl (C=O) groups is 2. The van der Waals surface area contributed by atoms with Gasteiger partial charge in [0.2, 0.25) is 6.10 Å². The second-order valence-electron chi connectivity index (χ2n) is 6.77. The second-order valence-corrected chi connectivity index (χ2v) is 6.77. The van der Waals surface area contributed by atoms with Crippen molar-refractivity contribution in [2.24, 2.45) is 0 Å². The fraction of sp³-hybridized carbons (Fsp3) is 0.238. The van der Waals surface area contributed by atoms with E-state index in [1.54, 1.807) is 18.2 Å². The number of nitrogens with one attached hydrogen (secondary N) is 2. The van der Waals surface area contributed by atoms with Crippen LogP contribution < -0.4 is 20.3 Å². The smallest absolute Gasteiger partial charge is 0.305 e. The maximum atomic E-state index is 12.6. The SMILES string of the molecule is Cc1ccc(C)c2c(C)c(C(=O)NNC(=O)C3COc4ccccc4O3)oc12. The lowest BCUT2D eigenvalue weighted by Gasteiger charge is -2.25. The maximum Gasteiger partial charge on any atom is 0.305 e. The lowest BCUT2D eigenvalue weighted by molar-refractivity contribution is -0.131. The molecule has 4 rings (SSSR count). The quantitative estimate of drug-likeness (QED) is 0.667. The van der Waals surface area contributed by atoms with E-state index < -0.39 is 17.9 Å². The Hall–Kier alpha value is -3.48. The summed E-state index contributed by atoms with van der Waals surface area (Å²) >= 11 is 0. The molecule has 7 nitrogen and oxygen atoms in total. The van der Waals surface area contributed by atoms with E-state index in [1.165, 1.54) is 0 Å². The van der Waals surface area contributed by atoms with Gasteiger partial charge >= 0.3 is 5.91 Å². The van der Waals surface area contributed by atoms with Crippen molar-refractivity contribution in [1.29, 1.82) is 0 Å². The van der Waals surface area contributed by atoms with Crippen molar-refractivity contribution in [3.63, 3.8) is 0 Å². The van der Waals surface area contributed by atoms with Gasteiger partial charge in [-0.2, -0.15) is 0 Å². The highest BCUT2D eigenvalue weighted by Crippen LogP contribution is 2.31. The number of ether oxygens (including phenoxy) is 2. The minimum Gasteiger partial charge on any atom is -0.485 e. The molecular formula is C21H20N2O5. The van der Waals surface area contributed by atoms with Crippen molar-refractivity contribution in [3.05, 3.63) is 58.8 Å².